The number of pyridine rings is 1. The predicted octanol–water partition coefficient (Wildman–Crippen LogP) is 3.62. The number of rotatable bonds is 6. The Hall–Kier alpha value is -3.19. The molecule has 0 bridgehead atoms. The third-order valence-electron chi connectivity index (χ3n) is 5.73. The summed E-state index contributed by atoms with van der Waals surface area (Å²) in [5.74, 6) is -5.29. The Balaban J connectivity index is 0.00000361. The SMILES string of the molecule is Cl.N[C@@H](CC(=O)N1CCn2c(nnc2C(F)(F)F)[C@@H]1Cc1ccccn1)Cc1cc(F)c(F)cc1F. The number of aromatic nitrogens is 4. The van der Waals surface area contributed by atoms with Crippen LogP contribution < -0.4 is 5.73 Å². The van der Waals surface area contributed by atoms with Crippen molar-refractivity contribution in [2.75, 3.05) is 6.54 Å². The van der Waals surface area contributed by atoms with Gasteiger partial charge >= 0.3 is 6.18 Å². The van der Waals surface area contributed by atoms with Crippen molar-refractivity contribution in [2.24, 2.45) is 5.73 Å². The van der Waals surface area contributed by atoms with Gasteiger partial charge in [-0.15, -0.1) is 22.6 Å². The Morgan fingerprint density at radius 3 is 2.47 bits per heavy atom. The number of benzene rings is 1. The number of amides is 1. The van der Waals surface area contributed by atoms with Crippen LogP contribution in [0.2, 0.25) is 0 Å². The molecule has 0 radical (unpaired) electrons. The zero-order chi connectivity index (χ0) is 25.3. The van der Waals surface area contributed by atoms with E-state index in [1.807, 2.05) is 0 Å². The molecule has 4 rings (SSSR count). The molecule has 14 heteroatoms. The Bertz CT molecular complexity index is 1220. The minimum absolute atomic E-state index is 0. The van der Waals surface area contributed by atoms with Gasteiger partial charge in [0.15, 0.2) is 17.5 Å². The van der Waals surface area contributed by atoms with Crippen LogP contribution in [0.25, 0.3) is 0 Å². The first-order valence-corrected chi connectivity index (χ1v) is 10.6. The smallest absolute Gasteiger partial charge is 0.330 e. The highest BCUT2D eigenvalue weighted by Gasteiger charge is 2.43. The highest BCUT2D eigenvalue weighted by molar-refractivity contribution is 5.85. The summed E-state index contributed by atoms with van der Waals surface area (Å²) in [7, 11) is 0. The maximum Gasteiger partial charge on any atom is 0.451 e. The van der Waals surface area contributed by atoms with Crippen molar-refractivity contribution in [1.29, 1.82) is 0 Å². The summed E-state index contributed by atoms with van der Waals surface area (Å²) in [6.45, 7) is -0.259. The average Bonchev–Trinajstić information content (AvgIpc) is 3.23. The summed E-state index contributed by atoms with van der Waals surface area (Å²) < 4.78 is 81.7. The largest absolute Gasteiger partial charge is 0.451 e. The molecule has 36 heavy (non-hydrogen) atoms. The van der Waals surface area contributed by atoms with Crippen LogP contribution in [0, 0.1) is 17.5 Å². The number of nitrogens with two attached hydrogens (primary N) is 1. The number of nitrogens with zero attached hydrogens (tertiary/aromatic N) is 5. The van der Waals surface area contributed by atoms with E-state index in [-0.39, 0.29) is 56.1 Å². The number of halogens is 7. The van der Waals surface area contributed by atoms with Gasteiger partial charge in [0, 0.05) is 49.9 Å². The number of fused-ring (bicyclic) bond motifs is 1. The Labute approximate surface area is 207 Å². The van der Waals surface area contributed by atoms with E-state index < -0.39 is 47.4 Å². The second kappa shape index (κ2) is 10.8. The first kappa shape index (κ1) is 27.4. The molecule has 1 aliphatic rings. The lowest BCUT2D eigenvalue weighted by Gasteiger charge is -2.36. The second-order valence-electron chi connectivity index (χ2n) is 8.19. The van der Waals surface area contributed by atoms with Crippen LogP contribution in [-0.2, 0) is 30.4 Å². The molecule has 3 aromatic rings. The van der Waals surface area contributed by atoms with Gasteiger partial charge in [0.05, 0.1) is 6.04 Å². The molecule has 0 unspecified atom stereocenters. The van der Waals surface area contributed by atoms with Gasteiger partial charge in [0.1, 0.15) is 5.82 Å². The molecule has 3 heterocycles. The first-order chi connectivity index (χ1) is 16.5. The third kappa shape index (κ3) is 5.78. The van der Waals surface area contributed by atoms with Gasteiger partial charge in [0.2, 0.25) is 11.7 Å². The summed E-state index contributed by atoms with van der Waals surface area (Å²) in [4.78, 5) is 18.7. The molecule has 0 saturated heterocycles. The summed E-state index contributed by atoms with van der Waals surface area (Å²) in [6.07, 6.45) is -3.68. The third-order valence-corrected chi connectivity index (χ3v) is 5.73. The average molecular weight is 535 g/mol. The van der Waals surface area contributed by atoms with E-state index in [0.717, 1.165) is 4.57 Å². The molecule has 1 amide bonds. The fourth-order valence-electron chi connectivity index (χ4n) is 4.13. The van der Waals surface area contributed by atoms with E-state index in [1.165, 1.54) is 11.1 Å². The fraction of sp³-hybridized carbons (Fsp3) is 0.364. The van der Waals surface area contributed by atoms with Gasteiger partial charge in [-0.2, -0.15) is 13.2 Å². The number of hydrogen-bond acceptors (Lipinski definition) is 5. The highest BCUT2D eigenvalue weighted by atomic mass is 35.5. The van der Waals surface area contributed by atoms with Gasteiger partial charge in [0.25, 0.3) is 0 Å². The van der Waals surface area contributed by atoms with Crippen molar-refractivity contribution < 1.29 is 31.1 Å². The molecule has 1 aromatic carbocycles. The summed E-state index contributed by atoms with van der Waals surface area (Å²) in [5, 5.41) is 7.02. The van der Waals surface area contributed by atoms with E-state index in [9.17, 15) is 31.1 Å². The van der Waals surface area contributed by atoms with Gasteiger partial charge in [-0.1, -0.05) is 6.07 Å². The number of hydrogen-bond donors (Lipinski definition) is 1. The van der Waals surface area contributed by atoms with Crippen LogP contribution in [0.3, 0.4) is 0 Å². The maximum atomic E-state index is 14.0. The topological polar surface area (TPSA) is 89.9 Å². The molecule has 1 aliphatic heterocycles. The van der Waals surface area contributed by atoms with E-state index in [2.05, 4.69) is 15.2 Å². The lowest BCUT2D eigenvalue weighted by atomic mass is 10.0. The van der Waals surface area contributed by atoms with Crippen LogP contribution >= 0.6 is 12.4 Å². The van der Waals surface area contributed by atoms with E-state index in [1.54, 1.807) is 18.2 Å². The van der Waals surface area contributed by atoms with Gasteiger partial charge < -0.3 is 15.2 Å². The molecule has 2 N–H and O–H groups in total. The number of carbonyl (C=O) groups excluding carboxylic acids is 1. The zero-order valence-electron chi connectivity index (χ0n) is 18.6. The Morgan fingerprint density at radius 2 is 1.81 bits per heavy atom. The van der Waals surface area contributed by atoms with Crippen molar-refractivity contribution in [3.63, 3.8) is 0 Å². The van der Waals surface area contributed by atoms with Crippen LogP contribution in [0.15, 0.2) is 36.5 Å². The minimum Gasteiger partial charge on any atom is -0.330 e. The molecule has 2 aromatic heterocycles. The van der Waals surface area contributed by atoms with Crippen LogP contribution in [-0.4, -0.2) is 43.1 Å². The van der Waals surface area contributed by atoms with Crippen molar-refractivity contribution in [1.82, 2.24) is 24.6 Å². The van der Waals surface area contributed by atoms with Gasteiger partial charge in [-0.25, -0.2) is 13.2 Å². The Morgan fingerprint density at radius 1 is 1.08 bits per heavy atom. The van der Waals surface area contributed by atoms with Crippen LogP contribution in [0.1, 0.15) is 35.4 Å². The fourth-order valence-corrected chi connectivity index (χ4v) is 4.13. The van der Waals surface area contributed by atoms with E-state index >= 15 is 0 Å². The maximum absolute atomic E-state index is 14.0. The van der Waals surface area contributed by atoms with Gasteiger partial charge in [-0.3, -0.25) is 9.78 Å². The molecular formula is C22H21ClF6N6O. The van der Waals surface area contributed by atoms with Crippen molar-refractivity contribution >= 4 is 18.3 Å². The summed E-state index contributed by atoms with van der Waals surface area (Å²) >= 11 is 0. The molecule has 0 spiro atoms. The second-order valence-corrected chi connectivity index (χ2v) is 8.19. The van der Waals surface area contributed by atoms with Crippen molar-refractivity contribution in [2.45, 2.75) is 44.1 Å². The van der Waals surface area contributed by atoms with Gasteiger partial charge in [-0.05, 0) is 30.2 Å². The predicted molar refractivity (Wildman–Crippen MR) is 117 cm³/mol. The summed E-state index contributed by atoms with van der Waals surface area (Å²) in [5.41, 5.74) is 6.33. The quantitative estimate of drug-likeness (QED) is 0.385. The molecule has 0 fully saturated rings. The monoisotopic (exact) mass is 534 g/mol. The lowest BCUT2D eigenvalue weighted by molar-refractivity contribution is -0.148. The van der Waals surface area contributed by atoms with Crippen molar-refractivity contribution in [3.8, 4) is 0 Å². The van der Waals surface area contributed by atoms with E-state index in [0.29, 0.717) is 17.8 Å². The standard InChI is InChI=1S/C22H20F6N6O.ClH/c23-15-11-17(25)16(24)8-12(15)7-13(29)9-19(35)33-5-6-34-20(31-32-21(34)22(26,27)28)18(33)10-14-3-1-2-4-30-14;/h1-4,8,11,13,18H,5-7,9-10,29H2;1H/t13-,18+;/m1./s1. The molecule has 0 saturated carbocycles. The highest BCUT2D eigenvalue weighted by Crippen LogP contribution is 2.34. The lowest BCUT2D eigenvalue weighted by Crippen LogP contribution is -2.46. The molecule has 0 aliphatic carbocycles. The first-order valence-electron chi connectivity index (χ1n) is 10.6. The van der Waals surface area contributed by atoms with Crippen molar-refractivity contribution in [3.05, 3.63) is 76.9 Å². The zero-order valence-corrected chi connectivity index (χ0v) is 19.4. The normalized spacial score (nSPS) is 16.3. The van der Waals surface area contributed by atoms with E-state index in [4.69, 9.17) is 5.73 Å². The summed E-state index contributed by atoms with van der Waals surface area (Å²) in [6, 6.07) is 4.27. The number of alkyl halides is 3. The van der Waals surface area contributed by atoms with Crippen LogP contribution in [0.5, 0.6) is 0 Å². The minimum atomic E-state index is -4.72. The molecule has 2 atom stereocenters. The molecular weight excluding hydrogens is 514 g/mol. The Kier molecular flexibility index (Phi) is 8.24. The molecule has 194 valence electrons. The number of carbonyl (C=O) groups is 1. The molecule has 7 nitrogen and oxygen atoms in total. The van der Waals surface area contributed by atoms with Crippen LogP contribution in [0.4, 0.5) is 26.3 Å².